The first-order chi connectivity index (χ1) is 26.9. The first kappa shape index (κ1) is 36.8. The Bertz CT molecular complexity index is 2600. The van der Waals surface area contributed by atoms with Gasteiger partial charge < -0.3 is 9.47 Å². The van der Waals surface area contributed by atoms with Crippen LogP contribution in [-0.2, 0) is 0 Å². The number of fused-ring (bicyclic) bond motifs is 1. The summed E-state index contributed by atoms with van der Waals surface area (Å²) in [6.45, 7) is 8.70. The third-order valence-corrected chi connectivity index (χ3v) is 9.36. The Morgan fingerprint density at radius 2 is 0.982 bits per heavy atom. The van der Waals surface area contributed by atoms with Gasteiger partial charge in [-0.15, -0.1) is 0 Å². The van der Waals surface area contributed by atoms with Crippen LogP contribution in [0.4, 0.5) is 5.69 Å². The van der Waals surface area contributed by atoms with E-state index in [0.29, 0.717) is 45.3 Å². The van der Waals surface area contributed by atoms with Gasteiger partial charge in [0.2, 0.25) is 0 Å². The number of carbonyl (C=O) groups excluding carboxylic acids is 6. The second-order valence-corrected chi connectivity index (χ2v) is 13.3. The van der Waals surface area contributed by atoms with Crippen LogP contribution in [0.3, 0.4) is 0 Å². The van der Waals surface area contributed by atoms with Gasteiger partial charge in [0.05, 0.1) is 16.8 Å². The maximum atomic E-state index is 13.8. The van der Waals surface area contributed by atoms with E-state index in [1.807, 2.05) is 31.2 Å². The lowest BCUT2D eigenvalue weighted by Crippen LogP contribution is -2.29. The van der Waals surface area contributed by atoms with Gasteiger partial charge >= 0.3 is 0 Å². The summed E-state index contributed by atoms with van der Waals surface area (Å²) in [7, 11) is 0. The molecule has 1 aliphatic rings. The minimum Gasteiger partial charge on any atom is -0.457 e. The SMILES string of the molecule is C=C(C(=O)c1cc2c(cc1C(C)=O)C(=O)N(c1ccc(Oc3ccc(C(=O)c4cccc(C(C)=O)c4)cc3)cc1)C2=O)c1ccc(Oc2ccc(C)cc2)cc1. The molecule has 0 N–H and O–H groups in total. The van der Waals surface area contributed by atoms with E-state index < -0.39 is 23.4 Å². The Morgan fingerprint density at radius 1 is 0.518 bits per heavy atom. The zero-order valence-electron chi connectivity index (χ0n) is 30.6. The first-order valence-electron chi connectivity index (χ1n) is 17.6. The third kappa shape index (κ3) is 7.34. The summed E-state index contributed by atoms with van der Waals surface area (Å²) in [5.41, 5.74) is 3.16. The molecular weight excluding hydrogens is 707 g/mol. The molecule has 274 valence electrons. The maximum Gasteiger partial charge on any atom is 0.266 e. The van der Waals surface area contributed by atoms with Crippen molar-refractivity contribution in [2.24, 2.45) is 0 Å². The smallest absolute Gasteiger partial charge is 0.266 e. The lowest BCUT2D eigenvalue weighted by molar-refractivity contribution is 0.0923. The third-order valence-electron chi connectivity index (χ3n) is 9.36. The molecule has 6 aromatic carbocycles. The standard InChI is InChI=1S/C47H33NO8/c1-27-8-16-36(17-9-27)55-37-18-10-31(11-19-37)28(2)44(51)41-26-43-42(25-40(41)30(4)50)46(53)48(47(43)54)35-14-22-39(23-15-35)56-38-20-12-32(13-21-38)45(52)34-7-5-6-33(24-34)29(3)49/h5-26H,2H2,1,3-4H3. The molecule has 0 bridgehead atoms. The number of hydrogen-bond donors (Lipinski definition) is 0. The molecule has 0 spiro atoms. The summed E-state index contributed by atoms with van der Waals surface area (Å²) in [6, 6.07) is 36.2. The molecule has 0 saturated heterocycles. The van der Waals surface area contributed by atoms with Crippen LogP contribution in [0.1, 0.15) is 92.7 Å². The second kappa shape index (κ2) is 15.1. The number of anilines is 1. The van der Waals surface area contributed by atoms with E-state index in [1.54, 1.807) is 97.1 Å². The molecule has 0 atom stereocenters. The Morgan fingerprint density at radius 3 is 1.50 bits per heavy atom. The number of ketones is 4. The van der Waals surface area contributed by atoms with Crippen molar-refractivity contribution in [1.82, 2.24) is 0 Å². The lowest BCUT2D eigenvalue weighted by atomic mass is 9.90. The summed E-state index contributed by atoms with van der Waals surface area (Å²) in [5.74, 6) is -0.626. The average Bonchev–Trinajstić information content (AvgIpc) is 3.46. The highest BCUT2D eigenvalue weighted by Gasteiger charge is 2.39. The van der Waals surface area contributed by atoms with Crippen LogP contribution in [0, 0.1) is 6.92 Å². The number of carbonyl (C=O) groups is 6. The van der Waals surface area contributed by atoms with Gasteiger partial charge in [-0.25, -0.2) is 4.90 Å². The Balaban J connectivity index is 1.06. The number of allylic oxidation sites excluding steroid dienone is 1. The quantitative estimate of drug-likeness (QED) is 0.0690. The molecule has 1 heterocycles. The van der Waals surface area contributed by atoms with Crippen molar-refractivity contribution in [3.8, 4) is 23.0 Å². The average molecular weight is 740 g/mol. The number of aryl methyl sites for hydroxylation is 1. The van der Waals surface area contributed by atoms with Gasteiger partial charge in [0, 0.05) is 33.4 Å². The van der Waals surface area contributed by atoms with E-state index >= 15 is 0 Å². The van der Waals surface area contributed by atoms with Crippen LogP contribution in [0.2, 0.25) is 0 Å². The van der Waals surface area contributed by atoms with Crippen molar-refractivity contribution in [3.63, 3.8) is 0 Å². The fourth-order valence-corrected chi connectivity index (χ4v) is 6.28. The fraction of sp³-hybridized carbons (Fsp3) is 0.0638. The highest BCUT2D eigenvalue weighted by Crippen LogP contribution is 2.34. The van der Waals surface area contributed by atoms with E-state index in [2.05, 4.69) is 6.58 Å². The Kier molecular flexibility index (Phi) is 9.91. The van der Waals surface area contributed by atoms with Crippen molar-refractivity contribution >= 4 is 46.2 Å². The van der Waals surface area contributed by atoms with E-state index in [9.17, 15) is 28.8 Å². The van der Waals surface area contributed by atoms with Crippen LogP contribution in [0.15, 0.2) is 140 Å². The molecule has 0 fully saturated rings. The van der Waals surface area contributed by atoms with Crippen LogP contribution >= 0.6 is 0 Å². The molecule has 0 saturated carbocycles. The topological polar surface area (TPSA) is 124 Å². The van der Waals surface area contributed by atoms with Crippen molar-refractivity contribution < 1.29 is 38.2 Å². The number of Topliss-reactive ketones (excluding diaryl/α,β-unsaturated/α-hetero) is 3. The van der Waals surface area contributed by atoms with Crippen molar-refractivity contribution in [2.45, 2.75) is 20.8 Å². The molecule has 7 rings (SSSR count). The van der Waals surface area contributed by atoms with Crippen LogP contribution in [0.5, 0.6) is 23.0 Å². The summed E-state index contributed by atoms with van der Waals surface area (Å²) in [4.78, 5) is 79.7. The van der Waals surface area contributed by atoms with Crippen LogP contribution < -0.4 is 14.4 Å². The number of rotatable bonds is 12. The van der Waals surface area contributed by atoms with E-state index in [0.717, 1.165) is 10.5 Å². The van der Waals surface area contributed by atoms with Gasteiger partial charge in [-0.3, -0.25) is 28.8 Å². The van der Waals surface area contributed by atoms with Crippen molar-refractivity contribution in [3.05, 3.63) is 190 Å². The number of amides is 2. The monoisotopic (exact) mass is 739 g/mol. The Labute approximate surface area is 322 Å². The van der Waals surface area contributed by atoms with Crippen LogP contribution in [0.25, 0.3) is 5.57 Å². The van der Waals surface area contributed by atoms with E-state index in [-0.39, 0.29) is 45.1 Å². The van der Waals surface area contributed by atoms with Crippen molar-refractivity contribution in [2.75, 3.05) is 4.90 Å². The lowest BCUT2D eigenvalue weighted by Gasteiger charge is -2.14. The molecular formula is C47H33NO8. The molecule has 9 heteroatoms. The van der Waals surface area contributed by atoms with Gasteiger partial charge in [-0.05, 0) is 117 Å². The molecule has 6 aromatic rings. The highest BCUT2D eigenvalue weighted by molar-refractivity contribution is 6.37. The number of nitrogens with zero attached hydrogens (tertiary/aromatic N) is 1. The van der Waals surface area contributed by atoms with Gasteiger partial charge in [0.25, 0.3) is 11.8 Å². The van der Waals surface area contributed by atoms with Gasteiger partial charge in [0.15, 0.2) is 23.1 Å². The van der Waals surface area contributed by atoms with Crippen molar-refractivity contribution in [1.29, 1.82) is 0 Å². The zero-order valence-corrected chi connectivity index (χ0v) is 30.6. The number of hydrogen-bond acceptors (Lipinski definition) is 8. The predicted octanol–water partition coefficient (Wildman–Crippen LogP) is 9.91. The summed E-state index contributed by atoms with van der Waals surface area (Å²) >= 11 is 0. The van der Waals surface area contributed by atoms with Crippen LogP contribution in [-0.4, -0.2) is 34.9 Å². The Hall–Kier alpha value is -7.52. The molecule has 0 unspecified atom stereocenters. The molecule has 56 heavy (non-hydrogen) atoms. The molecule has 0 aromatic heterocycles. The fourth-order valence-electron chi connectivity index (χ4n) is 6.28. The maximum absolute atomic E-state index is 13.8. The van der Waals surface area contributed by atoms with Gasteiger partial charge in [-0.2, -0.15) is 0 Å². The van der Waals surface area contributed by atoms with E-state index in [1.165, 1.54) is 26.0 Å². The normalized spacial score (nSPS) is 11.9. The largest absolute Gasteiger partial charge is 0.457 e. The predicted molar refractivity (Wildman–Crippen MR) is 211 cm³/mol. The second-order valence-electron chi connectivity index (χ2n) is 13.3. The summed E-state index contributed by atoms with van der Waals surface area (Å²) < 4.78 is 11.8. The van der Waals surface area contributed by atoms with Gasteiger partial charge in [0.1, 0.15) is 23.0 Å². The zero-order chi connectivity index (χ0) is 39.7. The molecule has 9 nitrogen and oxygen atoms in total. The summed E-state index contributed by atoms with van der Waals surface area (Å²) in [5, 5.41) is 0. The highest BCUT2D eigenvalue weighted by atomic mass is 16.5. The number of imide groups is 1. The van der Waals surface area contributed by atoms with E-state index in [4.69, 9.17) is 9.47 Å². The number of ether oxygens (including phenoxy) is 2. The molecule has 0 aliphatic carbocycles. The first-order valence-corrected chi connectivity index (χ1v) is 17.6. The number of benzene rings is 6. The van der Waals surface area contributed by atoms with Gasteiger partial charge in [-0.1, -0.05) is 54.6 Å². The molecule has 0 radical (unpaired) electrons. The molecule has 2 amide bonds. The minimum absolute atomic E-state index is 0.00160. The summed E-state index contributed by atoms with van der Waals surface area (Å²) in [6.07, 6.45) is 0. The molecule has 1 aliphatic heterocycles. The minimum atomic E-state index is -0.653.